The zero-order valence-electron chi connectivity index (χ0n) is 18.9. The van der Waals surface area contributed by atoms with Gasteiger partial charge in [-0.25, -0.2) is 0 Å². The molecule has 7 nitrogen and oxygen atoms in total. The molecule has 1 aromatic carbocycles. The van der Waals surface area contributed by atoms with Crippen molar-refractivity contribution in [3.8, 4) is 17.2 Å². The van der Waals surface area contributed by atoms with Crippen LogP contribution in [0.15, 0.2) is 71.5 Å². The van der Waals surface area contributed by atoms with Crippen molar-refractivity contribution in [2.24, 2.45) is 0 Å². The summed E-state index contributed by atoms with van der Waals surface area (Å²) in [5, 5.41) is 4.20. The third-order valence-electron chi connectivity index (χ3n) is 6.51. The predicted octanol–water partition coefficient (Wildman–Crippen LogP) is 4.98. The van der Waals surface area contributed by atoms with E-state index >= 15 is 0 Å². The summed E-state index contributed by atoms with van der Waals surface area (Å²) in [7, 11) is 0. The van der Waals surface area contributed by atoms with Crippen molar-refractivity contribution >= 4 is 17.3 Å². The maximum absolute atomic E-state index is 5.81. The number of furan rings is 1. The molecule has 0 spiro atoms. The summed E-state index contributed by atoms with van der Waals surface area (Å²) < 4.78 is 19.0. The molecule has 5 heterocycles. The average Bonchev–Trinajstić information content (AvgIpc) is 3.63. The van der Waals surface area contributed by atoms with Gasteiger partial charge in [-0.3, -0.25) is 4.98 Å². The van der Waals surface area contributed by atoms with Gasteiger partial charge in [-0.05, 0) is 74.1 Å². The summed E-state index contributed by atoms with van der Waals surface area (Å²) >= 11 is 5.81. The van der Waals surface area contributed by atoms with E-state index in [1.807, 2.05) is 48.7 Å². The summed E-state index contributed by atoms with van der Waals surface area (Å²) in [4.78, 5) is 6.84. The molecule has 2 atom stereocenters. The van der Waals surface area contributed by atoms with Crippen LogP contribution >= 0.6 is 12.2 Å². The van der Waals surface area contributed by atoms with Crippen LogP contribution in [-0.4, -0.2) is 26.4 Å². The lowest BCUT2D eigenvalue weighted by Gasteiger charge is -2.27. The number of nitrogens with zero attached hydrogens (tertiary/aromatic N) is 3. The zero-order chi connectivity index (χ0) is 23.2. The van der Waals surface area contributed by atoms with Gasteiger partial charge in [0.15, 0.2) is 16.6 Å². The molecule has 0 saturated carbocycles. The SMILES string of the molecule is Cc1cc([C@@H]2[C@@H](c3ccccn3)NC(=S)N2Cc2ccco2)c(C)n1-c1ccc2c(c1)OCO2. The predicted molar refractivity (Wildman–Crippen MR) is 131 cm³/mol. The number of hydrogen-bond donors (Lipinski definition) is 1. The fourth-order valence-electron chi connectivity index (χ4n) is 4.99. The van der Waals surface area contributed by atoms with Crippen LogP contribution in [0.1, 0.15) is 40.5 Å². The van der Waals surface area contributed by atoms with Crippen LogP contribution < -0.4 is 14.8 Å². The van der Waals surface area contributed by atoms with Crippen LogP contribution in [0.3, 0.4) is 0 Å². The molecule has 172 valence electrons. The maximum Gasteiger partial charge on any atom is 0.231 e. The molecule has 2 aliphatic heterocycles. The Morgan fingerprint density at radius 1 is 1.06 bits per heavy atom. The lowest BCUT2D eigenvalue weighted by molar-refractivity contribution is 0.174. The first-order chi connectivity index (χ1) is 16.6. The van der Waals surface area contributed by atoms with E-state index in [0.717, 1.165) is 40.0 Å². The Morgan fingerprint density at radius 2 is 1.94 bits per heavy atom. The number of nitrogens with one attached hydrogen (secondary N) is 1. The number of rotatable bonds is 5. The lowest BCUT2D eigenvalue weighted by atomic mass is 9.96. The smallest absolute Gasteiger partial charge is 0.231 e. The molecule has 3 aromatic heterocycles. The van der Waals surface area contributed by atoms with Crippen molar-refractivity contribution in [1.29, 1.82) is 0 Å². The van der Waals surface area contributed by atoms with E-state index in [1.54, 1.807) is 6.26 Å². The first-order valence-corrected chi connectivity index (χ1v) is 11.6. The molecular weight excluding hydrogens is 448 g/mol. The minimum atomic E-state index is -0.0885. The molecule has 2 aliphatic rings. The maximum atomic E-state index is 5.81. The van der Waals surface area contributed by atoms with E-state index < -0.39 is 0 Å². The summed E-state index contributed by atoms with van der Waals surface area (Å²) in [6, 6.07) is 18.0. The highest BCUT2D eigenvalue weighted by molar-refractivity contribution is 7.80. The van der Waals surface area contributed by atoms with Gasteiger partial charge in [-0.15, -0.1) is 0 Å². The fraction of sp³-hybridized carbons (Fsp3) is 0.231. The van der Waals surface area contributed by atoms with Crippen molar-refractivity contribution in [3.05, 3.63) is 95.5 Å². The number of ether oxygens (including phenoxy) is 2. The Hall–Kier alpha value is -3.78. The molecule has 4 aromatic rings. The van der Waals surface area contributed by atoms with E-state index in [9.17, 15) is 0 Å². The van der Waals surface area contributed by atoms with E-state index in [1.165, 1.54) is 5.56 Å². The molecule has 1 fully saturated rings. The Morgan fingerprint density at radius 3 is 2.74 bits per heavy atom. The number of hydrogen-bond acceptors (Lipinski definition) is 5. The van der Waals surface area contributed by atoms with Gasteiger partial charge >= 0.3 is 0 Å². The third-order valence-corrected chi connectivity index (χ3v) is 6.86. The quantitative estimate of drug-likeness (QED) is 0.411. The Labute approximate surface area is 202 Å². The minimum absolute atomic E-state index is 0.0542. The molecule has 1 N–H and O–H groups in total. The molecule has 1 saturated heterocycles. The summed E-state index contributed by atoms with van der Waals surface area (Å²) in [5.74, 6) is 2.40. The average molecular weight is 473 g/mol. The minimum Gasteiger partial charge on any atom is -0.467 e. The topological polar surface area (TPSA) is 64.7 Å². The second kappa shape index (κ2) is 8.22. The number of benzene rings is 1. The highest BCUT2D eigenvalue weighted by atomic mass is 32.1. The number of pyridine rings is 1. The van der Waals surface area contributed by atoms with Crippen LogP contribution in [0, 0.1) is 13.8 Å². The molecule has 0 bridgehead atoms. The van der Waals surface area contributed by atoms with Gasteiger partial charge in [0, 0.05) is 29.3 Å². The molecule has 34 heavy (non-hydrogen) atoms. The van der Waals surface area contributed by atoms with E-state index in [-0.39, 0.29) is 18.9 Å². The van der Waals surface area contributed by atoms with Gasteiger partial charge in [0.05, 0.1) is 30.6 Å². The van der Waals surface area contributed by atoms with E-state index in [0.29, 0.717) is 11.7 Å². The van der Waals surface area contributed by atoms with Crippen molar-refractivity contribution < 1.29 is 13.9 Å². The fourth-order valence-corrected chi connectivity index (χ4v) is 5.30. The Kier molecular flexibility index (Phi) is 5.03. The van der Waals surface area contributed by atoms with Crippen LogP contribution in [0.5, 0.6) is 11.5 Å². The van der Waals surface area contributed by atoms with Crippen LogP contribution in [0.25, 0.3) is 5.69 Å². The number of fused-ring (bicyclic) bond motifs is 1. The number of aryl methyl sites for hydroxylation is 1. The Balaban J connectivity index is 1.45. The summed E-state index contributed by atoms with van der Waals surface area (Å²) in [6.45, 7) is 5.09. The van der Waals surface area contributed by atoms with Crippen molar-refractivity contribution in [1.82, 2.24) is 19.8 Å². The standard InChI is InChI=1S/C26H24N4O3S/c1-16-12-20(17(2)30(16)18-8-9-22-23(13-18)33-15-32-22)25-24(21-7-3-4-10-27-21)28-26(34)29(25)14-19-6-5-11-31-19/h3-13,24-25H,14-15H2,1-2H3,(H,28,34)/t24-,25-/m1/s1. The first kappa shape index (κ1) is 20.8. The highest BCUT2D eigenvalue weighted by Gasteiger charge is 2.41. The van der Waals surface area contributed by atoms with Gasteiger partial charge in [-0.1, -0.05) is 6.07 Å². The monoisotopic (exact) mass is 472 g/mol. The summed E-state index contributed by atoms with van der Waals surface area (Å²) in [6.07, 6.45) is 3.51. The van der Waals surface area contributed by atoms with Gasteiger partial charge in [-0.2, -0.15) is 0 Å². The Bertz CT molecular complexity index is 1350. The van der Waals surface area contributed by atoms with Gasteiger partial charge in [0.2, 0.25) is 6.79 Å². The zero-order valence-corrected chi connectivity index (χ0v) is 19.7. The molecule has 6 rings (SSSR count). The van der Waals surface area contributed by atoms with Gasteiger partial charge in [0.1, 0.15) is 5.76 Å². The molecule has 0 unspecified atom stereocenters. The molecule has 0 aliphatic carbocycles. The summed E-state index contributed by atoms with van der Waals surface area (Å²) in [5.41, 5.74) is 5.43. The molecule has 0 amide bonds. The third kappa shape index (κ3) is 3.42. The molecular formula is C26H24N4O3S. The molecule has 8 heteroatoms. The molecule has 0 radical (unpaired) electrons. The van der Waals surface area contributed by atoms with E-state index in [2.05, 4.69) is 45.7 Å². The van der Waals surface area contributed by atoms with Crippen molar-refractivity contribution in [2.45, 2.75) is 32.5 Å². The second-order valence-electron chi connectivity index (χ2n) is 8.53. The van der Waals surface area contributed by atoms with Crippen LogP contribution in [0.4, 0.5) is 0 Å². The normalized spacial score (nSPS) is 19.0. The van der Waals surface area contributed by atoms with Crippen LogP contribution in [0.2, 0.25) is 0 Å². The number of aromatic nitrogens is 2. The lowest BCUT2D eigenvalue weighted by Crippen LogP contribution is -2.29. The van der Waals surface area contributed by atoms with Crippen LogP contribution in [-0.2, 0) is 6.54 Å². The first-order valence-electron chi connectivity index (χ1n) is 11.2. The largest absolute Gasteiger partial charge is 0.467 e. The van der Waals surface area contributed by atoms with Gasteiger partial charge < -0.3 is 28.7 Å². The second-order valence-corrected chi connectivity index (χ2v) is 8.92. The number of thiocarbonyl (C=S) groups is 1. The van der Waals surface area contributed by atoms with Gasteiger partial charge in [0.25, 0.3) is 0 Å². The van der Waals surface area contributed by atoms with Crippen molar-refractivity contribution in [2.75, 3.05) is 6.79 Å². The van der Waals surface area contributed by atoms with E-state index in [4.69, 9.17) is 26.1 Å². The highest BCUT2D eigenvalue weighted by Crippen LogP contribution is 2.43. The van der Waals surface area contributed by atoms with Crippen molar-refractivity contribution in [3.63, 3.8) is 0 Å².